The Morgan fingerprint density at radius 3 is 2.68 bits per heavy atom. The predicted molar refractivity (Wildman–Crippen MR) is 74.9 cm³/mol. The summed E-state index contributed by atoms with van der Waals surface area (Å²) in [4.78, 5) is 0. The summed E-state index contributed by atoms with van der Waals surface area (Å²) in [6.45, 7) is 5.25. The van der Waals surface area contributed by atoms with Gasteiger partial charge in [-0.1, -0.05) is 0 Å². The second kappa shape index (κ2) is 6.18. The molecule has 1 aromatic carbocycles. The van der Waals surface area contributed by atoms with E-state index in [4.69, 9.17) is 13.9 Å². The summed E-state index contributed by atoms with van der Waals surface area (Å²) in [6, 6.07) is 7.74. The number of nitrogens with one attached hydrogen (secondary N) is 1. The van der Waals surface area contributed by atoms with Crippen LogP contribution in [0.3, 0.4) is 0 Å². The SMILES string of the molecule is CCOc1ccc(NCc2occc2C)cc1OC. The first-order chi connectivity index (χ1) is 9.24. The van der Waals surface area contributed by atoms with Crippen molar-refractivity contribution in [3.63, 3.8) is 0 Å². The van der Waals surface area contributed by atoms with Crippen LogP contribution in [0.4, 0.5) is 5.69 Å². The highest BCUT2D eigenvalue weighted by molar-refractivity contribution is 5.54. The topological polar surface area (TPSA) is 43.6 Å². The molecule has 0 aliphatic heterocycles. The van der Waals surface area contributed by atoms with Crippen LogP contribution in [0.2, 0.25) is 0 Å². The summed E-state index contributed by atoms with van der Waals surface area (Å²) in [6.07, 6.45) is 1.70. The van der Waals surface area contributed by atoms with E-state index in [0.717, 1.165) is 28.5 Å². The molecule has 0 saturated heterocycles. The zero-order valence-electron chi connectivity index (χ0n) is 11.5. The summed E-state index contributed by atoms with van der Waals surface area (Å²) in [5.41, 5.74) is 2.11. The Hall–Kier alpha value is -2.10. The van der Waals surface area contributed by atoms with Gasteiger partial charge >= 0.3 is 0 Å². The number of benzene rings is 1. The lowest BCUT2D eigenvalue weighted by atomic mass is 10.2. The van der Waals surface area contributed by atoms with E-state index >= 15 is 0 Å². The number of aryl methyl sites for hydroxylation is 1. The average Bonchev–Trinajstić information content (AvgIpc) is 2.83. The molecule has 2 rings (SSSR count). The predicted octanol–water partition coefficient (Wildman–Crippen LogP) is 3.61. The van der Waals surface area contributed by atoms with Crippen LogP contribution in [0.15, 0.2) is 34.9 Å². The smallest absolute Gasteiger partial charge is 0.162 e. The maximum Gasteiger partial charge on any atom is 0.162 e. The minimum Gasteiger partial charge on any atom is -0.493 e. The molecule has 0 saturated carbocycles. The van der Waals surface area contributed by atoms with Crippen molar-refractivity contribution in [1.29, 1.82) is 0 Å². The largest absolute Gasteiger partial charge is 0.493 e. The Labute approximate surface area is 113 Å². The Balaban J connectivity index is 2.07. The molecule has 1 N–H and O–H groups in total. The van der Waals surface area contributed by atoms with Gasteiger partial charge in [0.05, 0.1) is 26.5 Å². The Morgan fingerprint density at radius 1 is 1.21 bits per heavy atom. The minimum atomic E-state index is 0.620. The van der Waals surface area contributed by atoms with E-state index in [1.54, 1.807) is 13.4 Å². The van der Waals surface area contributed by atoms with Gasteiger partial charge in [-0.05, 0) is 37.6 Å². The highest BCUT2D eigenvalue weighted by atomic mass is 16.5. The van der Waals surface area contributed by atoms with Crippen molar-refractivity contribution in [1.82, 2.24) is 0 Å². The van der Waals surface area contributed by atoms with Gasteiger partial charge in [-0.15, -0.1) is 0 Å². The molecule has 4 nitrogen and oxygen atoms in total. The van der Waals surface area contributed by atoms with Crippen LogP contribution in [0, 0.1) is 6.92 Å². The summed E-state index contributed by atoms with van der Waals surface area (Å²) in [5, 5.41) is 3.30. The molecule has 0 unspecified atom stereocenters. The third-order valence-electron chi connectivity index (χ3n) is 2.88. The van der Waals surface area contributed by atoms with Crippen molar-refractivity contribution >= 4 is 5.69 Å². The van der Waals surface area contributed by atoms with Crippen LogP contribution < -0.4 is 14.8 Å². The van der Waals surface area contributed by atoms with Gasteiger partial charge in [0, 0.05) is 11.8 Å². The third-order valence-corrected chi connectivity index (χ3v) is 2.88. The first kappa shape index (κ1) is 13.3. The summed E-state index contributed by atoms with van der Waals surface area (Å²) in [7, 11) is 1.64. The van der Waals surface area contributed by atoms with Crippen molar-refractivity contribution in [2.24, 2.45) is 0 Å². The fraction of sp³-hybridized carbons (Fsp3) is 0.333. The molecule has 19 heavy (non-hydrogen) atoms. The van der Waals surface area contributed by atoms with Crippen LogP contribution in [0.5, 0.6) is 11.5 Å². The van der Waals surface area contributed by atoms with E-state index in [9.17, 15) is 0 Å². The van der Waals surface area contributed by atoms with Crippen molar-refractivity contribution in [3.05, 3.63) is 41.9 Å². The molecular weight excluding hydrogens is 242 g/mol. The van der Waals surface area contributed by atoms with Gasteiger partial charge in [-0.25, -0.2) is 0 Å². The molecule has 1 aromatic heterocycles. The van der Waals surface area contributed by atoms with Gasteiger partial charge in [0.15, 0.2) is 11.5 Å². The first-order valence-corrected chi connectivity index (χ1v) is 6.32. The van der Waals surface area contributed by atoms with E-state index in [2.05, 4.69) is 5.32 Å². The van der Waals surface area contributed by atoms with Crippen LogP contribution >= 0.6 is 0 Å². The van der Waals surface area contributed by atoms with Crippen LogP contribution in [0.25, 0.3) is 0 Å². The maximum absolute atomic E-state index is 5.48. The number of hydrogen-bond acceptors (Lipinski definition) is 4. The van der Waals surface area contributed by atoms with Gasteiger partial charge in [0.2, 0.25) is 0 Å². The number of anilines is 1. The first-order valence-electron chi connectivity index (χ1n) is 6.32. The molecule has 0 radical (unpaired) electrons. The Kier molecular flexibility index (Phi) is 4.34. The number of methoxy groups -OCH3 is 1. The number of furan rings is 1. The number of ether oxygens (including phenoxy) is 2. The lowest BCUT2D eigenvalue weighted by Crippen LogP contribution is -2.01. The van der Waals surface area contributed by atoms with Gasteiger partial charge in [-0.2, -0.15) is 0 Å². The second-order valence-electron chi connectivity index (χ2n) is 4.18. The molecule has 0 fully saturated rings. The van der Waals surface area contributed by atoms with Crippen molar-refractivity contribution < 1.29 is 13.9 Å². The third kappa shape index (κ3) is 3.22. The lowest BCUT2D eigenvalue weighted by molar-refractivity contribution is 0.311. The quantitative estimate of drug-likeness (QED) is 0.862. The molecule has 2 aromatic rings. The van der Waals surface area contributed by atoms with E-state index in [-0.39, 0.29) is 0 Å². The van der Waals surface area contributed by atoms with E-state index in [0.29, 0.717) is 13.2 Å². The highest BCUT2D eigenvalue weighted by Crippen LogP contribution is 2.30. The summed E-state index contributed by atoms with van der Waals surface area (Å²) in [5.74, 6) is 2.42. The molecule has 0 atom stereocenters. The monoisotopic (exact) mass is 261 g/mol. The molecule has 4 heteroatoms. The molecule has 0 amide bonds. The van der Waals surface area contributed by atoms with Crippen LogP contribution in [0.1, 0.15) is 18.2 Å². The van der Waals surface area contributed by atoms with Crippen LogP contribution in [-0.2, 0) is 6.54 Å². The van der Waals surface area contributed by atoms with Gasteiger partial charge < -0.3 is 19.2 Å². The molecule has 0 aliphatic carbocycles. The Morgan fingerprint density at radius 2 is 2.05 bits per heavy atom. The van der Waals surface area contributed by atoms with E-state index in [1.807, 2.05) is 38.1 Å². The summed E-state index contributed by atoms with van der Waals surface area (Å²) >= 11 is 0. The van der Waals surface area contributed by atoms with Crippen molar-refractivity contribution in [2.45, 2.75) is 20.4 Å². The normalized spacial score (nSPS) is 10.3. The van der Waals surface area contributed by atoms with E-state index in [1.165, 1.54) is 0 Å². The molecule has 0 aliphatic rings. The molecule has 102 valence electrons. The van der Waals surface area contributed by atoms with Gasteiger partial charge in [0.1, 0.15) is 5.76 Å². The zero-order valence-corrected chi connectivity index (χ0v) is 11.5. The maximum atomic E-state index is 5.48. The number of hydrogen-bond donors (Lipinski definition) is 1. The summed E-state index contributed by atoms with van der Waals surface area (Å²) < 4.78 is 16.2. The van der Waals surface area contributed by atoms with Crippen LogP contribution in [-0.4, -0.2) is 13.7 Å². The second-order valence-corrected chi connectivity index (χ2v) is 4.18. The fourth-order valence-electron chi connectivity index (χ4n) is 1.82. The van der Waals surface area contributed by atoms with E-state index < -0.39 is 0 Å². The minimum absolute atomic E-state index is 0.620. The Bertz CT molecular complexity index is 534. The average molecular weight is 261 g/mol. The van der Waals surface area contributed by atoms with Crippen molar-refractivity contribution in [2.75, 3.05) is 19.0 Å². The fourth-order valence-corrected chi connectivity index (χ4v) is 1.82. The van der Waals surface area contributed by atoms with Gasteiger partial charge in [-0.3, -0.25) is 0 Å². The molecule has 1 heterocycles. The number of rotatable bonds is 6. The standard InChI is InChI=1S/C15H19NO3/c1-4-18-13-6-5-12(9-14(13)17-3)16-10-15-11(2)7-8-19-15/h5-9,16H,4,10H2,1-3H3. The molecule has 0 spiro atoms. The molecular formula is C15H19NO3. The van der Waals surface area contributed by atoms with Gasteiger partial charge in [0.25, 0.3) is 0 Å². The lowest BCUT2D eigenvalue weighted by Gasteiger charge is -2.12. The molecule has 0 bridgehead atoms. The highest BCUT2D eigenvalue weighted by Gasteiger charge is 2.06. The zero-order chi connectivity index (χ0) is 13.7. The van der Waals surface area contributed by atoms with Crippen molar-refractivity contribution in [3.8, 4) is 11.5 Å².